The van der Waals surface area contributed by atoms with Crippen LogP contribution in [0.15, 0.2) is 40.9 Å². The van der Waals surface area contributed by atoms with E-state index in [9.17, 15) is 0 Å². The average molecular weight is 348 g/mol. The first-order valence-corrected chi connectivity index (χ1v) is 8.01. The Morgan fingerprint density at radius 3 is 2.00 bits per heavy atom. The highest BCUT2D eigenvalue weighted by molar-refractivity contribution is 9.10. The van der Waals surface area contributed by atoms with E-state index in [1.165, 1.54) is 11.1 Å². The molecule has 0 saturated heterocycles. The smallest absolute Gasteiger partial charge is 0.128 e. The number of aryl methyl sites for hydroxylation is 1. The standard InChI is InChI=1S/C18H22BrNO/c1-11(2)16-7-5-14(9-12(16)3)21-15-6-8-17(13(4)20)18(19)10-15/h5-11,13H,20H2,1-4H3/t13-/m0/s1. The van der Waals surface area contributed by atoms with Gasteiger partial charge in [-0.2, -0.15) is 0 Å². The normalized spacial score (nSPS) is 12.5. The molecule has 2 nitrogen and oxygen atoms in total. The van der Waals surface area contributed by atoms with Crippen molar-refractivity contribution in [1.29, 1.82) is 0 Å². The molecule has 0 amide bonds. The number of ether oxygens (including phenoxy) is 1. The summed E-state index contributed by atoms with van der Waals surface area (Å²) in [4.78, 5) is 0. The van der Waals surface area contributed by atoms with Crippen LogP contribution in [0.2, 0.25) is 0 Å². The lowest BCUT2D eigenvalue weighted by Gasteiger charge is -2.14. The second-order valence-electron chi connectivity index (χ2n) is 5.75. The van der Waals surface area contributed by atoms with Gasteiger partial charge in [-0.1, -0.05) is 41.9 Å². The largest absolute Gasteiger partial charge is 0.457 e. The Morgan fingerprint density at radius 1 is 0.952 bits per heavy atom. The molecule has 2 N–H and O–H groups in total. The van der Waals surface area contributed by atoms with E-state index in [0.717, 1.165) is 21.5 Å². The third-order valence-electron chi connectivity index (χ3n) is 3.56. The molecule has 0 saturated carbocycles. The Hall–Kier alpha value is -1.32. The molecule has 0 spiro atoms. The van der Waals surface area contributed by atoms with Crippen molar-refractivity contribution in [3.05, 3.63) is 57.6 Å². The Labute approximate surface area is 135 Å². The van der Waals surface area contributed by atoms with Gasteiger partial charge in [0.15, 0.2) is 0 Å². The molecule has 0 aliphatic rings. The minimum Gasteiger partial charge on any atom is -0.457 e. The molecule has 1 atom stereocenters. The fraction of sp³-hybridized carbons (Fsp3) is 0.333. The quantitative estimate of drug-likeness (QED) is 0.770. The highest BCUT2D eigenvalue weighted by Gasteiger charge is 2.08. The molecule has 0 aliphatic heterocycles. The molecule has 0 heterocycles. The fourth-order valence-corrected chi connectivity index (χ4v) is 3.16. The highest BCUT2D eigenvalue weighted by Crippen LogP contribution is 2.31. The molecule has 21 heavy (non-hydrogen) atoms. The van der Waals surface area contributed by atoms with Crippen molar-refractivity contribution in [1.82, 2.24) is 0 Å². The number of rotatable bonds is 4. The third kappa shape index (κ3) is 3.86. The van der Waals surface area contributed by atoms with E-state index in [2.05, 4.69) is 48.8 Å². The van der Waals surface area contributed by atoms with Crippen molar-refractivity contribution >= 4 is 15.9 Å². The van der Waals surface area contributed by atoms with Gasteiger partial charge in [0.05, 0.1) is 0 Å². The lowest BCUT2D eigenvalue weighted by molar-refractivity contribution is 0.481. The summed E-state index contributed by atoms with van der Waals surface area (Å²) >= 11 is 3.55. The second-order valence-corrected chi connectivity index (χ2v) is 6.60. The third-order valence-corrected chi connectivity index (χ3v) is 4.25. The summed E-state index contributed by atoms with van der Waals surface area (Å²) in [7, 11) is 0. The van der Waals surface area contributed by atoms with Crippen molar-refractivity contribution in [3.8, 4) is 11.5 Å². The fourth-order valence-electron chi connectivity index (χ4n) is 2.44. The molecule has 0 fully saturated rings. The van der Waals surface area contributed by atoms with E-state index >= 15 is 0 Å². The van der Waals surface area contributed by atoms with E-state index in [1.54, 1.807) is 0 Å². The first-order valence-electron chi connectivity index (χ1n) is 7.22. The summed E-state index contributed by atoms with van der Waals surface area (Å²) in [6.07, 6.45) is 0. The van der Waals surface area contributed by atoms with Gasteiger partial charge in [-0.25, -0.2) is 0 Å². The molecule has 3 heteroatoms. The molecule has 0 bridgehead atoms. The van der Waals surface area contributed by atoms with Crippen LogP contribution in [0, 0.1) is 6.92 Å². The van der Waals surface area contributed by atoms with Crippen LogP contribution in [0.3, 0.4) is 0 Å². The van der Waals surface area contributed by atoms with Crippen LogP contribution >= 0.6 is 15.9 Å². The summed E-state index contributed by atoms with van der Waals surface area (Å²) in [5.74, 6) is 2.19. The molecular weight excluding hydrogens is 326 g/mol. The Kier molecular flexibility index (Phi) is 5.07. The Balaban J connectivity index is 2.22. The van der Waals surface area contributed by atoms with E-state index in [1.807, 2.05) is 31.2 Å². The molecule has 2 rings (SSSR count). The van der Waals surface area contributed by atoms with Gasteiger partial charge >= 0.3 is 0 Å². The van der Waals surface area contributed by atoms with Gasteiger partial charge in [0, 0.05) is 10.5 Å². The zero-order valence-electron chi connectivity index (χ0n) is 13.0. The van der Waals surface area contributed by atoms with E-state index < -0.39 is 0 Å². The summed E-state index contributed by atoms with van der Waals surface area (Å²) in [5, 5.41) is 0. The minimum absolute atomic E-state index is 0.000921. The van der Waals surface area contributed by atoms with E-state index in [4.69, 9.17) is 10.5 Å². The predicted molar refractivity (Wildman–Crippen MR) is 92.1 cm³/mol. The lowest BCUT2D eigenvalue weighted by atomic mass is 9.98. The van der Waals surface area contributed by atoms with Crippen LogP contribution in [-0.4, -0.2) is 0 Å². The topological polar surface area (TPSA) is 35.2 Å². The zero-order chi connectivity index (χ0) is 15.6. The molecular formula is C18H22BrNO. The molecule has 0 radical (unpaired) electrons. The maximum atomic E-state index is 5.94. The van der Waals surface area contributed by atoms with E-state index in [-0.39, 0.29) is 6.04 Å². The lowest BCUT2D eigenvalue weighted by Crippen LogP contribution is -2.05. The summed E-state index contributed by atoms with van der Waals surface area (Å²) < 4.78 is 6.92. The summed E-state index contributed by atoms with van der Waals surface area (Å²) in [5.41, 5.74) is 9.60. The van der Waals surface area contributed by atoms with Crippen LogP contribution in [0.1, 0.15) is 49.4 Å². The van der Waals surface area contributed by atoms with Crippen molar-refractivity contribution < 1.29 is 4.74 Å². The number of hydrogen-bond acceptors (Lipinski definition) is 2. The van der Waals surface area contributed by atoms with Gasteiger partial charge < -0.3 is 10.5 Å². The molecule has 0 aliphatic carbocycles. The first kappa shape index (κ1) is 16.1. The number of nitrogens with two attached hydrogens (primary N) is 1. The summed E-state index contributed by atoms with van der Waals surface area (Å²) in [6.45, 7) is 8.49. The van der Waals surface area contributed by atoms with Crippen LogP contribution in [-0.2, 0) is 0 Å². The minimum atomic E-state index is 0.000921. The average Bonchev–Trinajstić information content (AvgIpc) is 2.37. The maximum absolute atomic E-state index is 5.94. The van der Waals surface area contributed by atoms with Gasteiger partial charge in [0.2, 0.25) is 0 Å². The second kappa shape index (κ2) is 6.63. The molecule has 0 unspecified atom stereocenters. The molecule has 2 aromatic rings. The first-order chi connectivity index (χ1) is 9.88. The van der Waals surface area contributed by atoms with Crippen LogP contribution < -0.4 is 10.5 Å². The Bertz CT molecular complexity index is 580. The van der Waals surface area contributed by atoms with Crippen LogP contribution in [0.4, 0.5) is 0 Å². The number of hydrogen-bond donors (Lipinski definition) is 1. The van der Waals surface area contributed by atoms with Gasteiger partial charge in [-0.15, -0.1) is 0 Å². The Morgan fingerprint density at radius 2 is 1.52 bits per heavy atom. The number of benzene rings is 2. The molecule has 112 valence electrons. The van der Waals surface area contributed by atoms with Crippen LogP contribution in [0.5, 0.6) is 11.5 Å². The van der Waals surface area contributed by atoms with Gasteiger partial charge in [0.25, 0.3) is 0 Å². The van der Waals surface area contributed by atoms with Crippen LogP contribution in [0.25, 0.3) is 0 Å². The van der Waals surface area contributed by atoms with Gasteiger partial charge in [0.1, 0.15) is 11.5 Å². The molecule has 2 aromatic carbocycles. The van der Waals surface area contributed by atoms with Crippen molar-refractivity contribution in [2.75, 3.05) is 0 Å². The predicted octanol–water partition coefficient (Wildman–Crippen LogP) is 5.69. The van der Waals surface area contributed by atoms with E-state index in [0.29, 0.717) is 5.92 Å². The number of halogens is 1. The van der Waals surface area contributed by atoms with Crippen molar-refractivity contribution in [2.45, 2.75) is 39.7 Å². The summed E-state index contributed by atoms with van der Waals surface area (Å²) in [6, 6.07) is 12.2. The SMILES string of the molecule is Cc1cc(Oc2ccc([C@H](C)N)c(Br)c2)ccc1C(C)C. The molecule has 0 aromatic heterocycles. The van der Waals surface area contributed by atoms with Gasteiger partial charge in [-0.05, 0) is 60.7 Å². The van der Waals surface area contributed by atoms with Gasteiger partial charge in [-0.3, -0.25) is 0 Å². The van der Waals surface area contributed by atoms with Crippen molar-refractivity contribution in [3.63, 3.8) is 0 Å². The monoisotopic (exact) mass is 347 g/mol. The van der Waals surface area contributed by atoms with Crippen molar-refractivity contribution in [2.24, 2.45) is 5.73 Å². The zero-order valence-corrected chi connectivity index (χ0v) is 14.6. The maximum Gasteiger partial charge on any atom is 0.128 e. The highest BCUT2D eigenvalue weighted by atomic mass is 79.9.